The molecule has 0 radical (unpaired) electrons. The highest BCUT2D eigenvalue weighted by atomic mass is 32.2. The molecule has 0 aromatic carbocycles. The van der Waals surface area contributed by atoms with Gasteiger partial charge in [-0.1, -0.05) is 0 Å². The summed E-state index contributed by atoms with van der Waals surface area (Å²) in [5, 5.41) is 2.81. The first-order valence-electron chi connectivity index (χ1n) is 5.83. The van der Waals surface area contributed by atoms with Crippen molar-refractivity contribution in [2.24, 2.45) is 0 Å². The lowest BCUT2D eigenvalue weighted by atomic mass is 10.1. The fourth-order valence-corrected chi connectivity index (χ4v) is 3.95. The van der Waals surface area contributed by atoms with Gasteiger partial charge in [-0.3, -0.25) is 0 Å². The Bertz CT molecular complexity index is 360. The molecule has 1 N–H and O–H groups in total. The Morgan fingerprint density at radius 3 is 2.44 bits per heavy atom. The van der Waals surface area contributed by atoms with Crippen molar-refractivity contribution < 1.29 is 13.2 Å². The van der Waals surface area contributed by atoms with Gasteiger partial charge in [0.1, 0.15) is 0 Å². The molecule has 1 atom stereocenters. The van der Waals surface area contributed by atoms with Gasteiger partial charge >= 0.3 is 6.03 Å². The Morgan fingerprint density at radius 1 is 1.19 bits per heavy atom. The first-order valence-corrected chi connectivity index (χ1v) is 7.65. The summed E-state index contributed by atoms with van der Waals surface area (Å²) in [5.74, 6) is 0.310. The van der Waals surface area contributed by atoms with E-state index >= 15 is 0 Å². The van der Waals surface area contributed by atoms with Gasteiger partial charge in [0.15, 0.2) is 9.84 Å². The van der Waals surface area contributed by atoms with Crippen molar-refractivity contribution in [3.63, 3.8) is 0 Å². The van der Waals surface area contributed by atoms with Crippen LogP contribution in [0.15, 0.2) is 0 Å². The summed E-state index contributed by atoms with van der Waals surface area (Å²) < 4.78 is 22.5. The predicted octanol–water partition coefficient (Wildman–Crippen LogP) is 0.369. The molecule has 0 spiro atoms. The van der Waals surface area contributed by atoms with Gasteiger partial charge in [-0.25, -0.2) is 13.2 Å². The molecule has 2 saturated heterocycles. The third-order valence-corrected chi connectivity index (χ3v) is 4.97. The van der Waals surface area contributed by atoms with Crippen LogP contribution in [0.4, 0.5) is 4.79 Å². The van der Waals surface area contributed by atoms with Crippen molar-refractivity contribution in [2.75, 3.05) is 24.6 Å². The van der Waals surface area contributed by atoms with Gasteiger partial charge in [0.2, 0.25) is 0 Å². The standard InChI is InChI=1S/C10H18N2O3S/c13-10(12-5-2-1-3-6-12)11-9-4-7-16(14,15)8-9/h9H,1-8H2,(H,11,13)/t9-/m1/s1. The van der Waals surface area contributed by atoms with Gasteiger partial charge in [0, 0.05) is 19.1 Å². The van der Waals surface area contributed by atoms with E-state index in [2.05, 4.69) is 5.32 Å². The molecular weight excluding hydrogens is 228 g/mol. The highest BCUT2D eigenvalue weighted by Gasteiger charge is 2.30. The molecule has 2 aliphatic heterocycles. The summed E-state index contributed by atoms with van der Waals surface area (Å²) in [4.78, 5) is 13.6. The van der Waals surface area contributed by atoms with Gasteiger partial charge in [0.05, 0.1) is 11.5 Å². The van der Waals surface area contributed by atoms with Crippen molar-refractivity contribution in [3.8, 4) is 0 Å². The molecule has 0 aliphatic carbocycles. The lowest BCUT2D eigenvalue weighted by Gasteiger charge is -2.28. The summed E-state index contributed by atoms with van der Waals surface area (Å²) in [7, 11) is -2.91. The van der Waals surface area contributed by atoms with Crippen LogP contribution in [0, 0.1) is 0 Å². The number of hydrogen-bond acceptors (Lipinski definition) is 3. The van der Waals surface area contributed by atoms with Gasteiger partial charge in [-0.2, -0.15) is 0 Å². The van der Waals surface area contributed by atoms with Crippen molar-refractivity contribution in [1.82, 2.24) is 10.2 Å². The Hall–Kier alpha value is -0.780. The predicted molar refractivity (Wildman–Crippen MR) is 61.0 cm³/mol. The van der Waals surface area contributed by atoms with Crippen LogP contribution in [-0.2, 0) is 9.84 Å². The van der Waals surface area contributed by atoms with Gasteiger partial charge in [-0.05, 0) is 25.7 Å². The monoisotopic (exact) mass is 246 g/mol. The molecule has 16 heavy (non-hydrogen) atoms. The number of carbonyl (C=O) groups is 1. The maximum atomic E-state index is 11.8. The number of hydrogen-bond donors (Lipinski definition) is 1. The zero-order valence-corrected chi connectivity index (χ0v) is 10.1. The third kappa shape index (κ3) is 2.87. The number of carbonyl (C=O) groups excluding carboxylic acids is 1. The molecule has 2 fully saturated rings. The minimum absolute atomic E-state index is 0.0956. The number of rotatable bonds is 1. The van der Waals surface area contributed by atoms with Gasteiger partial charge in [0.25, 0.3) is 0 Å². The summed E-state index contributed by atoms with van der Waals surface area (Å²) in [6.07, 6.45) is 3.84. The molecule has 5 nitrogen and oxygen atoms in total. The quantitative estimate of drug-likeness (QED) is 0.727. The summed E-state index contributed by atoms with van der Waals surface area (Å²) >= 11 is 0. The van der Waals surface area contributed by atoms with Crippen LogP contribution in [0.2, 0.25) is 0 Å². The fraction of sp³-hybridized carbons (Fsp3) is 0.900. The van der Waals surface area contributed by atoms with E-state index in [-0.39, 0.29) is 23.6 Å². The smallest absolute Gasteiger partial charge is 0.317 e. The summed E-state index contributed by atoms with van der Waals surface area (Å²) in [6.45, 7) is 1.59. The normalized spacial score (nSPS) is 29.0. The van der Waals surface area contributed by atoms with Crippen LogP contribution in [0.1, 0.15) is 25.7 Å². The first-order chi connectivity index (χ1) is 7.57. The highest BCUT2D eigenvalue weighted by molar-refractivity contribution is 7.91. The SMILES string of the molecule is O=C(N[C@@H]1CCS(=O)(=O)C1)N1CCCCC1. The van der Waals surface area contributed by atoms with Crippen molar-refractivity contribution >= 4 is 15.9 Å². The van der Waals surface area contributed by atoms with Crippen molar-refractivity contribution in [2.45, 2.75) is 31.7 Å². The van der Waals surface area contributed by atoms with Crippen LogP contribution >= 0.6 is 0 Å². The molecule has 2 amide bonds. The zero-order chi connectivity index (χ0) is 11.6. The zero-order valence-electron chi connectivity index (χ0n) is 9.31. The molecular formula is C10H18N2O3S. The summed E-state index contributed by atoms with van der Waals surface area (Å²) in [5.41, 5.74) is 0. The van der Waals surface area contributed by atoms with E-state index in [9.17, 15) is 13.2 Å². The van der Waals surface area contributed by atoms with Crippen LogP contribution < -0.4 is 5.32 Å². The van der Waals surface area contributed by atoms with Gasteiger partial charge in [-0.15, -0.1) is 0 Å². The molecule has 2 heterocycles. The lowest BCUT2D eigenvalue weighted by molar-refractivity contribution is 0.183. The topological polar surface area (TPSA) is 66.5 Å². The Labute approximate surface area is 96.1 Å². The minimum Gasteiger partial charge on any atom is -0.334 e. The maximum absolute atomic E-state index is 11.8. The van der Waals surface area contributed by atoms with E-state index in [0.29, 0.717) is 6.42 Å². The second kappa shape index (κ2) is 4.61. The molecule has 0 unspecified atom stereocenters. The average molecular weight is 246 g/mol. The van der Waals surface area contributed by atoms with E-state index < -0.39 is 9.84 Å². The molecule has 0 aromatic heterocycles. The van der Waals surface area contributed by atoms with Crippen molar-refractivity contribution in [3.05, 3.63) is 0 Å². The van der Waals surface area contributed by atoms with E-state index in [1.165, 1.54) is 6.42 Å². The average Bonchev–Trinajstić information content (AvgIpc) is 2.59. The number of amides is 2. The molecule has 0 saturated carbocycles. The summed E-state index contributed by atoms with van der Waals surface area (Å²) in [6, 6.07) is -0.277. The largest absolute Gasteiger partial charge is 0.334 e. The Morgan fingerprint density at radius 2 is 1.88 bits per heavy atom. The van der Waals surface area contributed by atoms with Crippen LogP contribution in [0.25, 0.3) is 0 Å². The first kappa shape index (κ1) is 11.7. The maximum Gasteiger partial charge on any atom is 0.317 e. The van der Waals surface area contributed by atoms with Crippen LogP contribution in [-0.4, -0.2) is 50.0 Å². The van der Waals surface area contributed by atoms with E-state index in [4.69, 9.17) is 0 Å². The molecule has 0 aromatic rings. The lowest BCUT2D eigenvalue weighted by Crippen LogP contribution is -2.47. The Balaban J connectivity index is 1.83. The minimum atomic E-state index is -2.91. The number of nitrogens with zero attached hydrogens (tertiary/aromatic N) is 1. The number of urea groups is 1. The second-order valence-corrected chi connectivity index (χ2v) is 6.83. The van der Waals surface area contributed by atoms with E-state index in [1.807, 2.05) is 0 Å². The number of sulfone groups is 1. The number of likely N-dealkylation sites (tertiary alicyclic amines) is 1. The van der Waals surface area contributed by atoms with Crippen LogP contribution in [0.3, 0.4) is 0 Å². The van der Waals surface area contributed by atoms with Crippen LogP contribution in [0.5, 0.6) is 0 Å². The second-order valence-electron chi connectivity index (χ2n) is 4.60. The van der Waals surface area contributed by atoms with E-state index in [0.717, 1.165) is 25.9 Å². The Kier molecular flexibility index (Phi) is 3.37. The molecule has 6 heteroatoms. The molecule has 0 bridgehead atoms. The molecule has 2 aliphatic rings. The third-order valence-electron chi connectivity index (χ3n) is 3.20. The van der Waals surface area contributed by atoms with E-state index in [1.54, 1.807) is 4.90 Å². The fourth-order valence-electron chi connectivity index (χ4n) is 2.27. The molecule has 2 rings (SSSR count). The highest BCUT2D eigenvalue weighted by Crippen LogP contribution is 2.13. The number of piperidine rings is 1. The molecule has 92 valence electrons. The van der Waals surface area contributed by atoms with Gasteiger partial charge < -0.3 is 10.2 Å². The number of nitrogens with one attached hydrogen (secondary N) is 1. The van der Waals surface area contributed by atoms with Crippen molar-refractivity contribution in [1.29, 1.82) is 0 Å².